The molecule has 2 N–H and O–H groups in total. The molecule has 0 heterocycles. The van der Waals surface area contributed by atoms with Gasteiger partial charge in [0.1, 0.15) is 0 Å². The van der Waals surface area contributed by atoms with Crippen LogP contribution in [-0.4, -0.2) is 12.6 Å². The average molecular weight is 168 g/mol. The van der Waals surface area contributed by atoms with Crippen molar-refractivity contribution < 1.29 is 0 Å². The first kappa shape index (κ1) is 9.39. The standard InChI is InChI=1S/C9H16N2O/c1-2-7(6-11-12)9(10)8-4-3-5-8/h3-4,7-9H,2,5-6,10H2,1H3. The summed E-state index contributed by atoms with van der Waals surface area (Å²) in [6, 6.07) is 0.123. The van der Waals surface area contributed by atoms with E-state index in [0.717, 1.165) is 12.8 Å². The molecule has 0 aliphatic heterocycles. The molecule has 3 heteroatoms. The summed E-state index contributed by atoms with van der Waals surface area (Å²) in [4.78, 5) is 10.1. The fraction of sp³-hybridized carbons (Fsp3) is 0.778. The molecule has 0 aromatic carbocycles. The van der Waals surface area contributed by atoms with Gasteiger partial charge in [0.15, 0.2) is 0 Å². The highest BCUT2D eigenvalue weighted by Gasteiger charge is 2.25. The summed E-state index contributed by atoms with van der Waals surface area (Å²) in [6.07, 6.45) is 6.25. The summed E-state index contributed by atoms with van der Waals surface area (Å²) in [7, 11) is 0. The van der Waals surface area contributed by atoms with Gasteiger partial charge in [0.2, 0.25) is 0 Å². The summed E-state index contributed by atoms with van der Waals surface area (Å²) in [6.45, 7) is 2.42. The van der Waals surface area contributed by atoms with Gasteiger partial charge in [0.05, 0.1) is 6.54 Å². The van der Waals surface area contributed by atoms with Gasteiger partial charge in [-0.25, -0.2) is 0 Å². The lowest BCUT2D eigenvalue weighted by Crippen LogP contribution is -2.39. The van der Waals surface area contributed by atoms with Gasteiger partial charge in [-0.1, -0.05) is 24.3 Å². The number of nitroso groups, excluding NO2 is 1. The number of hydrogen-bond donors (Lipinski definition) is 1. The van der Waals surface area contributed by atoms with Crippen molar-refractivity contribution in [2.24, 2.45) is 22.7 Å². The molecule has 0 amide bonds. The largest absolute Gasteiger partial charge is 0.327 e. The second-order valence-electron chi connectivity index (χ2n) is 3.39. The number of nitrogens with two attached hydrogens (primary N) is 1. The monoisotopic (exact) mass is 168 g/mol. The number of hydrogen-bond acceptors (Lipinski definition) is 3. The molecule has 0 spiro atoms. The molecule has 1 rings (SSSR count). The van der Waals surface area contributed by atoms with Crippen molar-refractivity contribution in [1.82, 2.24) is 0 Å². The molecule has 0 saturated heterocycles. The highest BCUT2D eigenvalue weighted by Crippen LogP contribution is 2.25. The minimum atomic E-state index is 0.123. The predicted molar refractivity (Wildman–Crippen MR) is 49.7 cm³/mol. The van der Waals surface area contributed by atoms with Crippen LogP contribution in [0.3, 0.4) is 0 Å². The molecule has 3 atom stereocenters. The third-order valence-electron chi connectivity index (χ3n) is 2.66. The molecule has 68 valence electrons. The maximum absolute atomic E-state index is 10.1. The van der Waals surface area contributed by atoms with Gasteiger partial charge in [-0.2, -0.15) is 4.91 Å². The topological polar surface area (TPSA) is 55.5 Å². The molecule has 0 bridgehead atoms. The highest BCUT2D eigenvalue weighted by molar-refractivity contribution is 5.07. The van der Waals surface area contributed by atoms with Crippen LogP contribution in [0.2, 0.25) is 0 Å². The second-order valence-corrected chi connectivity index (χ2v) is 3.39. The Hall–Kier alpha value is -0.700. The van der Waals surface area contributed by atoms with Crippen molar-refractivity contribution in [3.05, 3.63) is 17.1 Å². The van der Waals surface area contributed by atoms with E-state index >= 15 is 0 Å². The van der Waals surface area contributed by atoms with Crippen molar-refractivity contribution in [2.75, 3.05) is 6.54 Å². The van der Waals surface area contributed by atoms with Gasteiger partial charge in [-0.3, -0.25) is 0 Å². The smallest absolute Gasteiger partial charge is 0.0854 e. The van der Waals surface area contributed by atoms with Crippen LogP contribution < -0.4 is 5.73 Å². The van der Waals surface area contributed by atoms with Crippen molar-refractivity contribution in [2.45, 2.75) is 25.8 Å². The number of allylic oxidation sites excluding steroid dienone is 1. The fourth-order valence-electron chi connectivity index (χ4n) is 1.55. The molecule has 0 aromatic rings. The third-order valence-corrected chi connectivity index (χ3v) is 2.66. The van der Waals surface area contributed by atoms with Gasteiger partial charge in [-0.15, -0.1) is 0 Å². The molecule has 0 aromatic heterocycles. The van der Waals surface area contributed by atoms with E-state index in [1.54, 1.807) is 0 Å². The second kappa shape index (κ2) is 4.36. The lowest BCUT2D eigenvalue weighted by Gasteiger charge is -2.30. The van der Waals surface area contributed by atoms with Crippen LogP contribution in [0.1, 0.15) is 19.8 Å². The number of nitrogens with zero attached hydrogens (tertiary/aromatic N) is 1. The summed E-state index contributed by atoms with van der Waals surface area (Å²) >= 11 is 0. The van der Waals surface area contributed by atoms with Gasteiger partial charge in [0.25, 0.3) is 0 Å². The molecule has 0 fully saturated rings. The van der Waals surface area contributed by atoms with Crippen LogP contribution in [0.25, 0.3) is 0 Å². The summed E-state index contributed by atoms with van der Waals surface area (Å²) in [5, 5.41) is 2.91. The first-order valence-electron chi connectivity index (χ1n) is 4.51. The third kappa shape index (κ3) is 1.91. The van der Waals surface area contributed by atoms with E-state index in [9.17, 15) is 4.91 Å². The Morgan fingerprint density at radius 2 is 2.42 bits per heavy atom. The first-order chi connectivity index (χ1) is 5.79. The Morgan fingerprint density at radius 1 is 1.75 bits per heavy atom. The number of rotatable bonds is 5. The SMILES string of the molecule is CCC(CN=O)C(N)C1C=CC1. The molecule has 0 saturated carbocycles. The molecule has 0 radical (unpaired) electrons. The Balaban J connectivity index is 2.40. The van der Waals surface area contributed by atoms with Crippen LogP contribution in [0.15, 0.2) is 17.3 Å². The van der Waals surface area contributed by atoms with Crippen LogP contribution in [-0.2, 0) is 0 Å². The van der Waals surface area contributed by atoms with E-state index in [-0.39, 0.29) is 12.0 Å². The Morgan fingerprint density at radius 3 is 2.75 bits per heavy atom. The summed E-state index contributed by atoms with van der Waals surface area (Å²) in [5.41, 5.74) is 5.97. The maximum Gasteiger partial charge on any atom is 0.0854 e. The minimum absolute atomic E-state index is 0.123. The van der Waals surface area contributed by atoms with Crippen LogP contribution in [0.5, 0.6) is 0 Å². The quantitative estimate of drug-likeness (QED) is 0.501. The maximum atomic E-state index is 10.1. The molecule has 1 aliphatic carbocycles. The zero-order valence-corrected chi connectivity index (χ0v) is 7.44. The fourth-order valence-corrected chi connectivity index (χ4v) is 1.55. The summed E-state index contributed by atoms with van der Waals surface area (Å²) in [5.74, 6) is 0.745. The van der Waals surface area contributed by atoms with Crippen molar-refractivity contribution in [3.63, 3.8) is 0 Å². The van der Waals surface area contributed by atoms with E-state index < -0.39 is 0 Å². The van der Waals surface area contributed by atoms with E-state index in [2.05, 4.69) is 24.3 Å². The van der Waals surface area contributed by atoms with Crippen LogP contribution in [0.4, 0.5) is 0 Å². The van der Waals surface area contributed by atoms with E-state index in [0.29, 0.717) is 12.5 Å². The molecular formula is C9H16N2O. The van der Waals surface area contributed by atoms with E-state index in [1.165, 1.54) is 0 Å². The lowest BCUT2D eigenvalue weighted by atomic mass is 9.80. The average Bonchev–Trinajstić information content (AvgIpc) is 1.96. The molecule has 3 unspecified atom stereocenters. The Bertz CT molecular complexity index is 179. The van der Waals surface area contributed by atoms with E-state index in [4.69, 9.17) is 5.73 Å². The normalized spacial score (nSPS) is 26.0. The lowest BCUT2D eigenvalue weighted by molar-refractivity contribution is 0.333. The first-order valence-corrected chi connectivity index (χ1v) is 4.51. The van der Waals surface area contributed by atoms with Gasteiger partial charge in [0, 0.05) is 6.04 Å². The van der Waals surface area contributed by atoms with Crippen molar-refractivity contribution in [1.29, 1.82) is 0 Å². The Kier molecular flexibility index (Phi) is 3.41. The molecule has 12 heavy (non-hydrogen) atoms. The zero-order valence-electron chi connectivity index (χ0n) is 7.44. The molecule has 1 aliphatic rings. The van der Waals surface area contributed by atoms with Gasteiger partial charge in [-0.05, 0) is 24.7 Å². The van der Waals surface area contributed by atoms with Crippen LogP contribution >= 0.6 is 0 Å². The van der Waals surface area contributed by atoms with Crippen molar-refractivity contribution in [3.8, 4) is 0 Å². The van der Waals surface area contributed by atoms with Gasteiger partial charge >= 0.3 is 0 Å². The van der Waals surface area contributed by atoms with E-state index in [1.807, 2.05) is 0 Å². The highest BCUT2D eigenvalue weighted by atomic mass is 16.3. The Labute approximate surface area is 73.0 Å². The zero-order chi connectivity index (χ0) is 8.97. The predicted octanol–water partition coefficient (Wildman–Crippen LogP) is 1.68. The summed E-state index contributed by atoms with van der Waals surface area (Å²) < 4.78 is 0. The van der Waals surface area contributed by atoms with Crippen LogP contribution in [0, 0.1) is 16.7 Å². The molecular weight excluding hydrogens is 152 g/mol. The molecule has 3 nitrogen and oxygen atoms in total. The van der Waals surface area contributed by atoms with Gasteiger partial charge < -0.3 is 5.73 Å². The van der Waals surface area contributed by atoms with Crippen molar-refractivity contribution >= 4 is 0 Å². The minimum Gasteiger partial charge on any atom is -0.327 e.